The molecule has 0 heterocycles. The zero-order valence-corrected chi connectivity index (χ0v) is 8.39. The normalized spacial score (nSPS) is 11.8. The molecular formula is C12H15F. The molecule has 0 radical (unpaired) electrons. The molecule has 13 heavy (non-hydrogen) atoms. The van der Waals surface area contributed by atoms with Crippen molar-refractivity contribution in [1.82, 2.24) is 0 Å². The molecule has 0 nitrogen and oxygen atoms in total. The predicted molar refractivity (Wildman–Crippen MR) is 55.1 cm³/mol. The van der Waals surface area contributed by atoms with E-state index < -0.39 is 0 Å². The summed E-state index contributed by atoms with van der Waals surface area (Å²) in [6.45, 7) is 6.15. The monoisotopic (exact) mass is 178 g/mol. The first-order valence-corrected chi connectivity index (χ1v) is 4.57. The van der Waals surface area contributed by atoms with Gasteiger partial charge in [-0.1, -0.05) is 24.6 Å². The Labute approximate surface area is 79.1 Å². The lowest BCUT2D eigenvalue weighted by Crippen LogP contribution is -1.84. The van der Waals surface area contributed by atoms with Gasteiger partial charge in [-0.15, -0.1) is 0 Å². The topological polar surface area (TPSA) is 0 Å². The van der Waals surface area contributed by atoms with Gasteiger partial charge in [-0.3, -0.25) is 0 Å². The van der Waals surface area contributed by atoms with E-state index in [4.69, 9.17) is 0 Å². The van der Waals surface area contributed by atoms with Crippen molar-refractivity contribution in [3.8, 4) is 0 Å². The lowest BCUT2D eigenvalue weighted by molar-refractivity contribution is 0.627. The molecule has 0 saturated heterocycles. The van der Waals surface area contributed by atoms with Crippen molar-refractivity contribution in [3.05, 3.63) is 40.7 Å². The van der Waals surface area contributed by atoms with E-state index in [9.17, 15) is 4.39 Å². The highest BCUT2D eigenvalue weighted by Crippen LogP contribution is 2.15. The molecule has 0 amide bonds. The summed E-state index contributed by atoms with van der Waals surface area (Å²) in [7, 11) is 0. The van der Waals surface area contributed by atoms with Gasteiger partial charge in [0.05, 0.1) is 0 Å². The van der Waals surface area contributed by atoms with E-state index in [0.717, 1.165) is 17.5 Å². The maximum Gasteiger partial charge on any atom is 0.123 e. The van der Waals surface area contributed by atoms with Crippen molar-refractivity contribution in [2.45, 2.75) is 27.2 Å². The van der Waals surface area contributed by atoms with E-state index in [0.29, 0.717) is 0 Å². The van der Waals surface area contributed by atoms with Crippen molar-refractivity contribution in [2.75, 3.05) is 0 Å². The third-order valence-corrected chi connectivity index (χ3v) is 2.20. The highest BCUT2D eigenvalue weighted by molar-refractivity contribution is 5.56. The van der Waals surface area contributed by atoms with Crippen LogP contribution in [0, 0.1) is 12.7 Å². The molecule has 0 N–H and O–H groups in total. The van der Waals surface area contributed by atoms with Crippen LogP contribution < -0.4 is 0 Å². The molecule has 0 aromatic heterocycles. The third kappa shape index (κ3) is 2.69. The van der Waals surface area contributed by atoms with Crippen molar-refractivity contribution in [2.24, 2.45) is 0 Å². The number of hydrogen-bond donors (Lipinski definition) is 0. The molecule has 0 aliphatic carbocycles. The van der Waals surface area contributed by atoms with Gasteiger partial charge in [0.25, 0.3) is 0 Å². The number of allylic oxidation sites excluding steroid dienone is 1. The molecule has 1 heteroatoms. The van der Waals surface area contributed by atoms with Crippen LogP contribution in [-0.4, -0.2) is 0 Å². The number of halogens is 1. The highest BCUT2D eigenvalue weighted by atomic mass is 19.1. The lowest BCUT2D eigenvalue weighted by atomic mass is 10.1. The summed E-state index contributed by atoms with van der Waals surface area (Å²) < 4.78 is 12.9. The van der Waals surface area contributed by atoms with Crippen LogP contribution in [0.2, 0.25) is 0 Å². The molecule has 0 spiro atoms. The second-order valence-electron chi connectivity index (χ2n) is 3.35. The van der Waals surface area contributed by atoms with E-state index in [2.05, 4.69) is 13.8 Å². The zero-order chi connectivity index (χ0) is 9.84. The van der Waals surface area contributed by atoms with Crippen LogP contribution in [0.3, 0.4) is 0 Å². The highest BCUT2D eigenvalue weighted by Gasteiger charge is 1.97. The summed E-state index contributed by atoms with van der Waals surface area (Å²) in [4.78, 5) is 0. The molecule has 1 rings (SSSR count). The Hall–Kier alpha value is -1.11. The van der Waals surface area contributed by atoms with Gasteiger partial charge in [0.1, 0.15) is 5.82 Å². The van der Waals surface area contributed by atoms with E-state index >= 15 is 0 Å². The van der Waals surface area contributed by atoms with Crippen LogP contribution >= 0.6 is 0 Å². The molecule has 0 aliphatic heterocycles. The van der Waals surface area contributed by atoms with Crippen LogP contribution in [0.5, 0.6) is 0 Å². The Bertz CT molecular complexity index is 324. The van der Waals surface area contributed by atoms with E-state index in [-0.39, 0.29) is 5.82 Å². The van der Waals surface area contributed by atoms with Gasteiger partial charge in [0.15, 0.2) is 0 Å². The summed E-state index contributed by atoms with van der Waals surface area (Å²) in [5, 5.41) is 0. The average molecular weight is 178 g/mol. The van der Waals surface area contributed by atoms with Crippen LogP contribution in [0.1, 0.15) is 31.4 Å². The molecule has 0 fully saturated rings. The number of benzene rings is 1. The van der Waals surface area contributed by atoms with Gasteiger partial charge < -0.3 is 0 Å². The minimum Gasteiger partial charge on any atom is -0.207 e. The molecule has 1 aromatic carbocycles. The first kappa shape index (κ1) is 9.97. The SMILES string of the molecule is CC/C(C)=C/c1cc(F)ccc1C. The summed E-state index contributed by atoms with van der Waals surface area (Å²) >= 11 is 0. The quantitative estimate of drug-likeness (QED) is 0.643. The fraction of sp³-hybridized carbons (Fsp3) is 0.333. The van der Waals surface area contributed by atoms with E-state index in [1.54, 1.807) is 6.07 Å². The van der Waals surface area contributed by atoms with Crippen molar-refractivity contribution < 1.29 is 4.39 Å². The Kier molecular flexibility index (Phi) is 3.24. The lowest BCUT2D eigenvalue weighted by Gasteiger charge is -2.01. The Morgan fingerprint density at radius 3 is 2.77 bits per heavy atom. The number of hydrogen-bond acceptors (Lipinski definition) is 0. The first-order chi connectivity index (χ1) is 6.13. The molecular weight excluding hydrogens is 163 g/mol. The second kappa shape index (κ2) is 4.22. The maximum absolute atomic E-state index is 12.9. The fourth-order valence-corrected chi connectivity index (χ4v) is 1.13. The molecule has 0 saturated carbocycles. The second-order valence-corrected chi connectivity index (χ2v) is 3.35. The molecule has 0 bridgehead atoms. The fourth-order valence-electron chi connectivity index (χ4n) is 1.13. The predicted octanol–water partition coefficient (Wildman–Crippen LogP) is 3.95. The van der Waals surface area contributed by atoms with Gasteiger partial charge in [0.2, 0.25) is 0 Å². The minimum absolute atomic E-state index is 0.166. The standard InChI is InChI=1S/C12H15F/c1-4-9(2)7-11-8-12(13)6-5-10(11)3/h5-8H,4H2,1-3H3/b9-7+. The van der Waals surface area contributed by atoms with Crippen LogP contribution in [0.15, 0.2) is 23.8 Å². The molecule has 70 valence electrons. The summed E-state index contributed by atoms with van der Waals surface area (Å²) in [6, 6.07) is 4.88. The molecule has 0 aliphatic rings. The van der Waals surface area contributed by atoms with Crippen molar-refractivity contribution in [1.29, 1.82) is 0 Å². The zero-order valence-electron chi connectivity index (χ0n) is 8.39. The van der Waals surface area contributed by atoms with Gasteiger partial charge in [0, 0.05) is 0 Å². The smallest absolute Gasteiger partial charge is 0.123 e. The van der Waals surface area contributed by atoms with Gasteiger partial charge in [-0.2, -0.15) is 0 Å². The summed E-state index contributed by atoms with van der Waals surface area (Å²) in [5.41, 5.74) is 3.38. The van der Waals surface area contributed by atoms with Gasteiger partial charge >= 0.3 is 0 Å². The Balaban J connectivity index is 3.07. The Morgan fingerprint density at radius 2 is 2.15 bits per heavy atom. The molecule has 0 atom stereocenters. The maximum atomic E-state index is 12.9. The molecule has 0 unspecified atom stereocenters. The van der Waals surface area contributed by atoms with E-state index in [1.165, 1.54) is 11.6 Å². The molecule has 1 aromatic rings. The number of rotatable bonds is 2. The van der Waals surface area contributed by atoms with Crippen LogP contribution in [0.25, 0.3) is 6.08 Å². The van der Waals surface area contributed by atoms with Crippen LogP contribution in [0.4, 0.5) is 4.39 Å². The van der Waals surface area contributed by atoms with Crippen molar-refractivity contribution in [3.63, 3.8) is 0 Å². The Morgan fingerprint density at radius 1 is 1.46 bits per heavy atom. The first-order valence-electron chi connectivity index (χ1n) is 4.57. The third-order valence-electron chi connectivity index (χ3n) is 2.20. The average Bonchev–Trinajstić information content (AvgIpc) is 2.11. The summed E-state index contributed by atoms with van der Waals surface area (Å²) in [5.74, 6) is -0.166. The van der Waals surface area contributed by atoms with Gasteiger partial charge in [-0.05, 0) is 43.5 Å². The minimum atomic E-state index is -0.166. The number of aryl methyl sites for hydroxylation is 1. The van der Waals surface area contributed by atoms with Crippen LogP contribution in [-0.2, 0) is 0 Å². The largest absolute Gasteiger partial charge is 0.207 e. The van der Waals surface area contributed by atoms with E-state index in [1.807, 2.05) is 19.1 Å². The van der Waals surface area contributed by atoms with Crippen molar-refractivity contribution >= 4 is 6.08 Å². The summed E-state index contributed by atoms with van der Waals surface area (Å²) in [6.07, 6.45) is 3.05. The van der Waals surface area contributed by atoms with Gasteiger partial charge in [-0.25, -0.2) is 4.39 Å².